The monoisotopic (exact) mass is 410 g/mol. The fourth-order valence-corrected chi connectivity index (χ4v) is 2.21. The van der Waals surface area contributed by atoms with Gasteiger partial charge in [0.2, 0.25) is 0 Å². The molecule has 9 heteroatoms. The van der Waals surface area contributed by atoms with Crippen LogP contribution < -0.4 is 20.3 Å². The maximum atomic E-state index is 12.3. The molecule has 1 heterocycles. The summed E-state index contributed by atoms with van der Waals surface area (Å²) in [6.45, 7) is -0.286. The maximum Gasteiger partial charge on any atom is 0.343 e. The molecule has 8 nitrogen and oxygen atoms in total. The van der Waals surface area contributed by atoms with Gasteiger partial charge in [0.25, 0.3) is 11.5 Å². The fraction of sp³-hybridized carbons (Fsp3) is 0.188. The van der Waals surface area contributed by atoms with Crippen molar-refractivity contribution in [2.75, 3.05) is 26.1 Å². The third kappa shape index (κ3) is 4.83. The quantitative estimate of drug-likeness (QED) is 0.704. The molecule has 0 aliphatic heterocycles. The second-order valence-electron chi connectivity index (χ2n) is 4.75. The lowest BCUT2D eigenvalue weighted by molar-refractivity contribution is -0.142. The van der Waals surface area contributed by atoms with Gasteiger partial charge >= 0.3 is 5.97 Å². The number of benzene rings is 1. The standard InChI is InChI=1S/C16H15BrN2O6/c1-23-13-5-9(3-4-12(13)25-8-14(20)24-2)15(21)19-11-6-10(17)7-18-16(11)22/h3-7H,8H2,1-2H3,(H,18,22)(H,19,21). The molecule has 25 heavy (non-hydrogen) atoms. The van der Waals surface area contributed by atoms with Crippen molar-refractivity contribution in [3.05, 3.63) is 50.9 Å². The minimum absolute atomic E-state index is 0.101. The van der Waals surface area contributed by atoms with Gasteiger partial charge in [0, 0.05) is 16.2 Å². The van der Waals surface area contributed by atoms with Crippen molar-refractivity contribution in [1.29, 1.82) is 0 Å². The average Bonchev–Trinajstić information content (AvgIpc) is 2.62. The molecular formula is C16H15BrN2O6. The van der Waals surface area contributed by atoms with Gasteiger partial charge in [0.15, 0.2) is 18.1 Å². The highest BCUT2D eigenvalue weighted by Crippen LogP contribution is 2.28. The van der Waals surface area contributed by atoms with E-state index in [9.17, 15) is 14.4 Å². The van der Waals surface area contributed by atoms with Gasteiger partial charge in [-0.2, -0.15) is 0 Å². The molecule has 2 aromatic rings. The van der Waals surface area contributed by atoms with E-state index in [1.165, 1.54) is 44.7 Å². The number of carbonyl (C=O) groups is 2. The van der Waals surface area contributed by atoms with Crippen LogP contribution in [0.1, 0.15) is 10.4 Å². The number of nitrogens with one attached hydrogen (secondary N) is 2. The van der Waals surface area contributed by atoms with E-state index in [2.05, 4.69) is 31.0 Å². The largest absolute Gasteiger partial charge is 0.493 e. The molecule has 0 spiro atoms. The van der Waals surface area contributed by atoms with E-state index in [0.29, 0.717) is 4.47 Å². The second-order valence-corrected chi connectivity index (χ2v) is 5.66. The Balaban J connectivity index is 2.18. The van der Waals surface area contributed by atoms with Crippen LogP contribution in [0.3, 0.4) is 0 Å². The van der Waals surface area contributed by atoms with Crippen LogP contribution in [0, 0.1) is 0 Å². The Kier molecular flexibility index (Phi) is 6.18. The molecule has 0 fully saturated rings. The number of ether oxygens (including phenoxy) is 3. The number of pyridine rings is 1. The minimum atomic E-state index is -0.544. The molecule has 2 rings (SSSR count). The van der Waals surface area contributed by atoms with Crippen molar-refractivity contribution in [1.82, 2.24) is 4.98 Å². The second kappa shape index (κ2) is 8.34. The predicted octanol–water partition coefficient (Wildman–Crippen LogP) is 1.95. The molecule has 0 unspecified atom stereocenters. The van der Waals surface area contributed by atoms with E-state index in [0.717, 1.165) is 0 Å². The number of H-pyrrole nitrogens is 1. The molecule has 0 aliphatic rings. The molecule has 132 valence electrons. The van der Waals surface area contributed by atoms with Crippen LogP contribution in [-0.2, 0) is 9.53 Å². The number of methoxy groups -OCH3 is 2. The van der Waals surface area contributed by atoms with Crippen molar-refractivity contribution < 1.29 is 23.8 Å². The van der Waals surface area contributed by atoms with Crippen LogP contribution in [-0.4, -0.2) is 37.7 Å². The molecule has 0 aliphatic carbocycles. The summed E-state index contributed by atoms with van der Waals surface area (Å²) in [7, 11) is 2.65. The van der Waals surface area contributed by atoms with Gasteiger partial charge in [-0.25, -0.2) is 4.79 Å². The molecule has 1 aromatic heterocycles. The first-order valence-corrected chi connectivity index (χ1v) is 7.81. The van der Waals surface area contributed by atoms with Crippen LogP contribution in [0.4, 0.5) is 5.69 Å². The normalized spacial score (nSPS) is 10.0. The van der Waals surface area contributed by atoms with Crippen LogP contribution in [0.25, 0.3) is 0 Å². The number of aromatic nitrogens is 1. The molecule has 1 aromatic carbocycles. The Morgan fingerprint density at radius 2 is 1.96 bits per heavy atom. The average molecular weight is 411 g/mol. The zero-order valence-corrected chi connectivity index (χ0v) is 15.0. The molecule has 0 bridgehead atoms. The van der Waals surface area contributed by atoms with E-state index in [-0.39, 0.29) is 29.4 Å². The van der Waals surface area contributed by atoms with Crippen LogP contribution in [0.5, 0.6) is 11.5 Å². The lowest BCUT2D eigenvalue weighted by atomic mass is 10.2. The molecule has 2 N–H and O–H groups in total. The number of rotatable bonds is 6. The highest BCUT2D eigenvalue weighted by atomic mass is 79.9. The van der Waals surface area contributed by atoms with Crippen LogP contribution >= 0.6 is 15.9 Å². The fourth-order valence-electron chi connectivity index (χ4n) is 1.87. The molecule has 1 amide bonds. The summed E-state index contributed by atoms with van der Waals surface area (Å²) in [4.78, 5) is 37.7. The molecule has 0 radical (unpaired) electrons. The van der Waals surface area contributed by atoms with E-state index < -0.39 is 17.4 Å². The zero-order valence-electron chi connectivity index (χ0n) is 13.4. The van der Waals surface area contributed by atoms with Gasteiger partial charge in [0.05, 0.1) is 14.2 Å². The maximum absolute atomic E-state index is 12.3. The van der Waals surface area contributed by atoms with Crippen molar-refractivity contribution in [3.63, 3.8) is 0 Å². The Morgan fingerprint density at radius 1 is 1.20 bits per heavy atom. The van der Waals surface area contributed by atoms with Gasteiger partial charge in [-0.3, -0.25) is 9.59 Å². The summed E-state index contributed by atoms with van der Waals surface area (Å²) in [5, 5.41) is 2.51. The highest BCUT2D eigenvalue weighted by molar-refractivity contribution is 9.10. The highest BCUT2D eigenvalue weighted by Gasteiger charge is 2.14. The molecule has 0 saturated carbocycles. The number of hydrogen-bond donors (Lipinski definition) is 2. The Bertz CT molecular complexity index is 849. The van der Waals surface area contributed by atoms with Gasteiger partial charge in [-0.1, -0.05) is 0 Å². The third-order valence-electron chi connectivity index (χ3n) is 3.12. The van der Waals surface area contributed by atoms with Crippen molar-refractivity contribution in [2.24, 2.45) is 0 Å². The number of aromatic amines is 1. The van der Waals surface area contributed by atoms with E-state index in [4.69, 9.17) is 9.47 Å². The number of hydrogen-bond acceptors (Lipinski definition) is 6. The summed E-state index contributed by atoms with van der Waals surface area (Å²) >= 11 is 3.21. The third-order valence-corrected chi connectivity index (χ3v) is 3.57. The van der Waals surface area contributed by atoms with E-state index >= 15 is 0 Å². The van der Waals surface area contributed by atoms with Gasteiger partial charge in [0.1, 0.15) is 5.69 Å². The van der Waals surface area contributed by atoms with Gasteiger partial charge in [-0.05, 0) is 40.2 Å². The summed E-state index contributed by atoms with van der Waals surface area (Å²) in [5.41, 5.74) is -0.0763. The predicted molar refractivity (Wildman–Crippen MR) is 93.2 cm³/mol. The number of anilines is 1. The molecule has 0 atom stereocenters. The first kappa shape index (κ1) is 18.5. The van der Waals surface area contributed by atoms with Crippen molar-refractivity contribution in [2.45, 2.75) is 0 Å². The lowest BCUT2D eigenvalue weighted by Crippen LogP contribution is -2.19. The van der Waals surface area contributed by atoms with E-state index in [1.807, 2.05) is 0 Å². The van der Waals surface area contributed by atoms with Crippen molar-refractivity contribution in [3.8, 4) is 11.5 Å². The smallest absolute Gasteiger partial charge is 0.343 e. The van der Waals surface area contributed by atoms with Gasteiger partial charge < -0.3 is 24.5 Å². The minimum Gasteiger partial charge on any atom is -0.493 e. The summed E-state index contributed by atoms with van der Waals surface area (Å²) in [6.07, 6.45) is 1.47. The summed E-state index contributed by atoms with van der Waals surface area (Å²) in [6, 6.07) is 5.90. The topological polar surface area (TPSA) is 107 Å². The Hall–Kier alpha value is -2.81. The number of carbonyl (C=O) groups excluding carboxylic acids is 2. The molecular weight excluding hydrogens is 396 g/mol. The molecule has 0 saturated heterocycles. The van der Waals surface area contributed by atoms with E-state index in [1.54, 1.807) is 0 Å². The van der Waals surface area contributed by atoms with Crippen LogP contribution in [0.2, 0.25) is 0 Å². The summed E-state index contributed by atoms with van der Waals surface area (Å²) in [5.74, 6) is -0.497. The first-order valence-electron chi connectivity index (χ1n) is 7.02. The van der Waals surface area contributed by atoms with Crippen LogP contribution in [0.15, 0.2) is 39.7 Å². The number of halogens is 1. The van der Waals surface area contributed by atoms with Gasteiger partial charge in [-0.15, -0.1) is 0 Å². The Morgan fingerprint density at radius 3 is 2.64 bits per heavy atom. The number of esters is 1. The zero-order chi connectivity index (χ0) is 18.4. The lowest BCUT2D eigenvalue weighted by Gasteiger charge is -2.11. The Labute approximate surface area is 151 Å². The number of amides is 1. The first-order chi connectivity index (χ1) is 11.9. The summed E-state index contributed by atoms with van der Waals surface area (Å²) < 4.78 is 15.5. The SMILES string of the molecule is COC(=O)COc1ccc(C(=O)Nc2cc(Br)c[nH]c2=O)cc1OC. The van der Waals surface area contributed by atoms with Crippen molar-refractivity contribution >= 4 is 33.5 Å².